The predicted molar refractivity (Wildman–Crippen MR) is 44.9 cm³/mol. The molecule has 10 heavy (non-hydrogen) atoms. The summed E-state index contributed by atoms with van der Waals surface area (Å²) in [6, 6.07) is 4.01. The van der Waals surface area contributed by atoms with Crippen molar-refractivity contribution in [3.8, 4) is 0 Å². The van der Waals surface area contributed by atoms with E-state index in [1.54, 1.807) is 25.6 Å². The van der Waals surface area contributed by atoms with Gasteiger partial charge in [0.1, 0.15) is 0 Å². The Kier molecular flexibility index (Phi) is 3.29. The molecule has 1 rings (SSSR count). The zero-order valence-electron chi connectivity index (χ0n) is 5.90. The monoisotopic (exact) mass is 176 g/mol. The van der Waals surface area contributed by atoms with Crippen LogP contribution in [0.2, 0.25) is 0 Å². The lowest BCUT2D eigenvalue weighted by Crippen LogP contribution is -1.95. The van der Waals surface area contributed by atoms with Crippen molar-refractivity contribution >= 4 is 24.3 Å². The Morgan fingerprint density at radius 1 is 1.40 bits per heavy atom. The highest BCUT2D eigenvalue weighted by atomic mass is 32.1. The maximum Gasteiger partial charge on any atom is 0.215 e. The first-order valence-corrected chi connectivity index (χ1v) is 4.86. The predicted octanol–water partition coefficient (Wildman–Crippen LogP) is 1.98. The van der Waals surface area contributed by atoms with Gasteiger partial charge >= 0.3 is 0 Å². The molecule has 0 aliphatic heterocycles. The second-order valence-electron chi connectivity index (χ2n) is 1.57. The Balaban J connectivity index is 2.64. The lowest BCUT2D eigenvalue weighted by molar-refractivity contribution is 0.351. The maximum absolute atomic E-state index is 5.10. The van der Waals surface area contributed by atoms with Crippen LogP contribution in [0.25, 0.3) is 0 Å². The molecule has 0 N–H and O–H groups in total. The summed E-state index contributed by atoms with van der Waals surface area (Å²) in [6.45, 7) is 0. The van der Waals surface area contributed by atoms with Gasteiger partial charge in [-0.3, -0.25) is 0 Å². The van der Waals surface area contributed by atoms with Gasteiger partial charge in [0, 0.05) is 14.2 Å². The van der Waals surface area contributed by atoms with Gasteiger partial charge in [0.05, 0.1) is 4.62 Å². The first-order chi connectivity index (χ1) is 4.88. The minimum atomic E-state index is -0.796. The highest BCUT2D eigenvalue weighted by Crippen LogP contribution is 2.36. The van der Waals surface area contributed by atoms with Crippen molar-refractivity contribution in [1.82, 2.24) is 0 Å². The molecule has 0 aliphatic rings. The molecule has 0 radical (unpaired) electrons. The van der Waals surface area contributed by atoms with Gasteiger partial charge in [0.2, 0.25) is 8.38 Å². The molecule has 0 fully saturated rings. The summed E-state index contributed by atoms with van der Waals surface area (Å²) in [6.07, 6.45) is 0. The first kappa shape index (κ1) is 8.15. The zero-order valence-corrected chi connectivity index (χ0v) is 7.61. The van der Waals surface area contributed by atoms with Crippen LogP contribution in [0.4, 0.5) is 0 Å². The average Bonchev–Trinajstić information content (AvgIpc) is 2.43. The van der Waals surface area contributed by atoms with Crippen LogP contribution in [0.5, 0.6) is 0 Å². The van der Waals surface area contributed by atoms with Gasteiger partial charge in [-0.25, -0.2) is 0 Å². The van der Waals surface area contributed by atoms with Crippen LogP contribution < -0.4 is 4.62 Å². The van der Waals surface area contributed by atoms with Crippen molar-refractivity contribution in [3.63, 3.8) is 0 Å². The SMILES string of the molecule is COP(OC)c1cccs1. The number of rotatable bonds is 3. The molecule has 2 nitrogen and oxygen atoms in total. The molecule has 0 saturated heterocycles. The van der Waals surface area contributed by atoms with E-state index in [1.807, 2.05) is 17.5 Å². The van der Waals surface area contributed by atoms with E-state index in [2.05, 4.69) is 0 Å². The third-order valence-electron chi connectivity index (χ3n) is 1.02. The van der Waals surface area contributed by atoms with E-state index in [4.69, 9.17) is 9.05 Å². The molecular formula is C6H9O2PS. The summed E-state index contributed by atoms with van der Waals surface area (Å²) in [7, 11) is 2.53. The molecule has 0 bridgehead atoms. The van der Waals surface area contributed by atoms with E-state index in [0.29, 0.717) is 0 Å². The third-order valence-corrected chi connectivity index (χ3v) is 3.62. The van der Waals surface area contributed by atoms with E-state index in [1.165, 1.54) is 4.62 Å². The van der Waals surface area contributed by atoms with E-state index in [0.717, 1.165) is 0 Å². The molecule has 0 unspecified atom stereocenters. The zero-order chi connectivity index (χ0) is 7.40. The molecule has 56 valence electrons. The highest BCUT2D eigenvalue weighted by molar-refractivity contribution is 7.63. The molecule has 0 atom stereocenters. The lowest BCUT2D eigenvalue weighted by Gasteiger charge is -2.07. The van der Waals surface area contributed by atoms with Crippen LogP contribution in [-0.2, 0) is 9.05 Å². The minimum Gasteiger partial charge on any atom is -0.333 e. The van der Waals surface area contributed by atoms with E-state index < -0.39 is 8.38 Å². The Morgan fingerprint density at radius 2 is 2.10 bits per heavy atom. The van der Waals surface area contributed by atoms with Crippen LogP contribution in [0, 0.1) is 0 Å². The van der Waals surface area contributed by atoms with Crippen molar-refractivity contribution in [2.24, 2.45) is 0 Å². The quantitative estimate of drug-likeness (QED) is 0.655. The number of hydrogen-bond donors (Lipinski definition) is 0. The largest absolute Gasteiger partial charge is 0.333 e. The van der Waals surface area contributed by atoms with Gasteiger partial charge < -0.3 is 9.05 Å². The molecule has 0 saturated carbocycles. The van der Waals surface area contributed by atoms with Crippen molar-refractivity contribution in [2.45, 2.75) is 0 Å². The van der Waals surface area contributed by atoms with E-state index in [9.17, 15) is 0 Å². The molecule has 1 aromatic rings. The van der Waals surface area contributed by atoms with Gasteiger partial charge in [0.15, 0.2) is 0 Å². The van der Waals surface area contributed by atoms with Gasteiger partial charge in [0.25, 0.3) is 0 Å². The van der Waals surface area contributed by atoms with Crippen LogP contribution in [0.3, 0.4) is 0 Å². The summed E-state index contributed by atoms with van der Waals surface area (Å²) in [4.78, 5) is 0. The van der Waals surface area contributed by atoms with Crippen LogP contribution >= 0.6 is 19.7 Å². The van der Waals surface area contributed by atoms with Crippen LogP contribution in [0.15, 0.2) is 17.5 Å². The van der Waals surface area contributed by atoms with Gasteiger partial charge in [-0.15, -0.1) is 11.3 Å². The Bertz CT molecular complexity index is 172. The molecule has 0 aromatic carbocycles. The van der Waals surface area contributed by atoms with Crippen LogP contribution in [0.1, 0.15) is 0 Å². The summed E-state index contributed by atoms with van der Waals surface area (Å²) < 4.78 is 11.4. The molecular weight excluding hydrogens is 167 g/mol. The number of thiophene rings is 1. The first-order valence-electron chi connectivity index (χ1n) is 2.80. The summed E-state index contributed by atoms with van der Waals surface area (Å²) in [5.74, 6) is 0. The fraction of sp³-hybridized carbons (Fsp3) is 0.333. The van der Waals surface area contributed by atoms with E-state index >= 15 is 0 Å². The molecule has 4 heteroatoms. The second kappa shape index (κ2) is 4.04. The van der Waals surface area contributed by atoms with Gasteiger partial charge in [-0.05, 0) is 11.4 Å². The average molecular weight is 176 g/mol. The van der Waals surface area contributed by atoms with Gasteiger partial charge in [-0.1, -0.05) is 6.07 Å². The molecule has 0 spiro atoms. The Morgan fingerprint density at radius 3 is 2.50 bits per heavy atom. The highest BCUT2D eigenvalue weighted by Gasteiger charge is 2.09. The summed E-state index contributed by atoms with van der Waals surface area (Å²) in [5.41, 5.74) is 0. The normalized spacial score (nSPS) is 10.7. The second-order valence-corrected chi connectivity index (χ2v) is 4.55. The summed E-state index contributed by atoms with van der Waals surface area (Å²) >= 11 is 1.66. The fourth-order valence-electron chi connectivity index (χ4n) is 0.628. The third kappa shape index (κ3) is 1.77. The maximum atomic E-state index is 5.10. The molecule has 1 aromatic heterocycles. The van der Waals surface area contributed by atoms with Crippen molar-refractivity contribution in [2.75, 3.05) is 14.2 Å². The van der Waals surface area contributed by atoms with Gasteiger partial charge in [-0.2, -0.15) is 0 Å². The summed E-state index contributed by atoms with van der Waals surface area (Å²) in [5, 5.41) is 2.02. The Hall–Kier alpha value is 0.0500. The lowest BCUT2D eigenvalue weighted by atomic mass is 10.7. The molecule has 0 amide bonds. The van der Waals surface area contributed by atoms with Crippen LogP contribution in [-0.4, -0.2) is 14.2 Å². The van der Waals surface area contributed by atoms with Crippen molar-refractivity contribution < 1.29 is 9.05 Å². The van der Waals surface area contributed by atoms with E-state index in [-0.39, 0.29) is 0 Å². The molecule has 0 aliphatic carbocycles. The molecule has 1 heterocycles. The Labute approximate surface area is 65.7 Å². The minimum absolute atomic E-state index is 0.796. The van der Waals surface area contributed by atoms with Crippen molar-refractivity contribution in [1.29, 1.82) is 0 Å². The fourth-order valence-corrected chi connectivity index (χ4v) is 2.77. The topological polar surface area (TPSA) is 18.5 Å². The number of hydrogen-bond acceptors (Lipinski definition) is 3. The smallest absolute Gasteiger partial charge is 0.215 e. The van der Waals surface area contributed by atoms with Crippen molar-refractivity contribution in [3.05, 3.63) is 17.5 Å². The standard InChI is InChI=1S/C6H9O2PS/c1-7-9(8-2)6-4-3-5-10-6/h3-5H,1-2H3.